The molecule has 0 atom stereocenters. The van der Waals surface area contributed by atoms with Crippen molar-refractivity contribution in [2.75, 3.05) is 30.5 Å². The number of halogens is 1. The van der Waals surface area contributed by atoms with E-state index in [9.17, 15) is 4.79 Å². The molecule has 0 unspecified atom stereocenters. The van der Waals surface area contributed by atoms with Gasteiger partial charge in [-0.1, -0.05) is 23.7 Å². The molecule has 0 saturated carbocycles. The summed E-state index contributed by atoms with van der Waals surface area (Å²) in [6, 6.07) is 13.8. The van der Waals surface area contributed by atoms with Crippen molar-refractivity contribution in [2.45, 2.75) is 6.92 Å². The Morgan fingerprint density at radius 2 is 1.78 bits per heavy atom. The molecule has 2 amide bonds. The summed E-state index contributed by atoms with van der Waals surface area (Å²) in [5.74, 6) is 0.596. The van der Waals surface area contributed by atoms with E-state index in [1.807, 2.05) is 19.1 Å². The summed E-state index contributed by atoms with van der Waals surface area (Å²) in [5, 5.41) is 6.11. The summed E-state index contributed by atoms with van der Waals surface area (Å²) >= 11 is 5.81. The van der Waals surface area contributed by atoms with Crippen LogP contribution >= 0.6 is 11.6 Å². The average molecular weight is 335 g/mol. The quantitative estimate of drug-likeness (QED) is 0.738. The molecule has 0 saturated heterocycles. The predicted octanol–water partition coefficient (Wildman–Crippen LogP) is 4.40. The van der Waals surface area contributed by atoms with Crippen LogP contribution in [0, 0.1) is 0 Å². The summed E-state index contributed by atoms with van der Waals surface area (Å²) in [5.41, 5.74) is 1.25. The van der Waals surface area contributed by atoms with Gasteiger partial charge in [0, 0.05) is 17.3 Å². The van der Waals surface area contributed by atoms with Crippen LogP contribution in [-0.2, 0) is 4.74 Å². The molecule has 0 aromatic heterocycles. The van der Waals surface area contributed by atoms with E-state index in [1.165, 1.54) is 0 Å². The van der Waals surface area contributed by atoms with Crippen molar-refractivity contribution in [1.29, 1.82) is 0 Å². The zero-order valence-electron chi connectivity index (χ0n) is 12.8. The second-order valence-electron chi connectivity index (χ2n) is 4.63. The largest absolute Gasteiger partial charge is 0.489 e. The van der Waals surface area contributed by atoms with Gasteiger partial charge in [-0.3, -0.25) is 0 Å². The minimum absolute atomic E-state index is 0.354. The lowest BCUT2D eigenvalue weighted by molar-refractivity contribution is 0.110. The summed E-state index contributed by atoms with van der Waals surface area (Å²) < 4.78 is 10.9. The van der Waals surface area contributed by atoms with Crippen LogP contribution in [0.25, 0.3) is 0 Å². The fraction of sp³-hybridized carbons (Fsp3) is 0.235. The number of rotatable bonds is 7. The zero-order valence-corrected chi connectivity index (χ0v) is 13.6. The van der Waals surface area contributed by atoms with Crippen LogP contribution in [0.1, 0.15) is 6.92 Å². The molecule has 2 rings (SSSR count). The second-order valence-corrected chi connectivity index (χ2v) is 5.06. The lowest BCUT2D eigenvalue weighted by Gasteiger charge is -2.13. The highest BCUT2D eigenvalue weighted by Gasteiger charge is 2.07. The molecule has 0 heterocycles. The van der Waals surface area contributed by atoms with E-state index in [4.69, 9.17) is 21.1 Å². The summed E-state index contributed by atoms with van der Waals surface area (Å²) in [6.45, 7) is 3.50. The van der Waals surface area contributed by atoms with Crippen LogP contribution < -0.4 is 15.4 Å². The van der Waals surface area contributed by atoms with Gasteiger partial charge < -0.3 is 20.1 Å². The summed E-state index contributed by atoms with van der Waals surface area (Å²) in [6.07, 6.45) is 0. The van der Waals surface area contributed by atoms with E-state index in [0.29, 0.717) is 42.0 Å². The lowest BCUT2D eigenvalue weighted by Crippen LogP contribution is -2.20. The van der Waals surface area contributed by atoms with Crippen molar-refractivity contribution in [3.63, 3.8) is 0 Å². The van der Waals surface area contributed by atoms with E-state index in [1.54, 1.807) is 36.4 Å². The van der Waals surface area contributed by atoms with Crippen molar-refractivity contribution >= 4 is 29.0 Å². The van der Waals surface area contributed by atoms with Crippen molar-refractivity contribution in [1.82, 2.24) is 0 Å². The van der Waals surface area contributed by atoms with Crippen molar-refractivity contribution in [2.24, 2.45) is 0 Å². The third-order valence-corrected chi connectivity index (χ3v) is 3.18. The Balaban J connectivity index is 1.93. The molecule has 5 nitrogen and oxygen atoms in total. The third kappa shape index (κ3) is 5.81. The number of nitrogens with one attached hydrogen (secondary N) is 2. The first-order valence-electron chi connectivity index (χ1n) is 7.32. The maximum absolute atomic E-state index is 12.1. The lowest BCUT2D eigenvalue weighted by atomic mass is 10.3. The molecule has 0 fully saturated rings. The van der Waals surface area contributed by atoms with Crippen LogP contribution in [0.5, 0.6) is 5.75 Å². The van der Waals surface area contributed by atoms with Gasteiger partial charge in [0.2, 0.25) is 0 Å². The molecule has 0 aliphatic rings. The van der Waals surface area contributed by atoms with Crippen molar-refractivity contribution < 1.29 is 14.3 Å². The number of anilines is 2. The number of hydrogen-bond acceptors (Lipinski definition) is 3. The second kappa shape index (κ2) is 9.02. The fourth-order valence-corrected chi connectivity index (χ4v) is 1.99. The van der Waals surface area contributed by atoms with E-state index in [2.05, 4.69) is 10.6 Å². The van der Waals surface area contributed by atoms with E-state index in [0.717, 1.165) is 0 Å². The Labute approximate surface area is 140 Å². The molecular formula is C17H19ClN2O3. The molecule has 0 bridgehead atoms. The summed E-state index contributed by atoms with van der Waals surface area (Å²) in [4.78, 5) is 12.1. The Bertz CT molecular complexity index is 632. The number of benzene rings is 2. The van der Waals surface area contributed by atoms with Crippen molar-refractivity contribution in [3.05, 3.63) is 53.6 Å². The van der Waals surface area contributed by atoms with Gasteiger partial charge in [0.15, 0.2) is 0 Å². The highest BCUT2D eigenvalue weighted by Crippen LogP contribution is 2.24. The molecule has 2 aromatic rings. The first-order valence-corrected chi connectivity index (χ1v) is 7.70. The van der Waals surface area contributed by atoms with Crippen LogP contribution in [0.2, 0.25) is 5.02 Å². The van der Waals surface area contributed by atoms with E-state index in [-0.39, 0.29) is 6.03 Å². The van der Waals surface area contributed by atoms with Crippen LogP contribution in [0.15, 0.2) is 48.5 Å². The predicted molar refractivity (Wildman–Crippen MR) is 92.5 cm³/mol. The molecule has 0 aliphatic carbocycles. The molecule has 2 aromatic carbocycles. The average Bonchev–Trinajstić information content (AvgIpc) is 2.55. The Kier molecular flexibility index (Phi) is 6.72. The first kappa shape index (κ1) is 17.1. The Morgan fingerprint density at radius 3 is 2.52 bits per heavy atom. The van der Waals surface area contributed by atoms with Gasteiger partial charge in [0.25, 0.3) is 0 Å². The number of carbonyl (C=O) groups excluding carboxylic acids is 1. The maximum atomic E-state index is 12.1. The molecule has 0 spiro atoms. The van der Waals surface area contributed by atoms with Crippen LogP contribution in [0.4, 0.5) is 16.2 Å². The van der Waals surface area contributed by atoms with Gasteiger partial charge in [0.1, 0.15) is 12.4 Å². The maximum Gasteiger partial charge on any atom is 0.323 e. The Morgan fingerprint density at radius 1 is 1.04 bits per heavy atom. The smallest absolute Gasteiger partial charge is 0.323 e. The van der Waals surface area contributed by atoms with Crippen LogP contribution in [0.3, 0.4) is 0 Å². The van der Waals surface area contributed by atoms with E-state index < -0.39 is 0 Å². The third-order valence-electron chi connectivity index (χ3n) is 2.93. The number of amides is 2. The van der Waals surface area contributed by atoms with Gasteiger partial charge in [-0.15, -0.1) is 0 Å². The minimum atomic E-state index is -0.354. The molecule has 23 heavy (non-hydrogen) atoms. The molecule has 6 heteroatoms. The fourth-order valence-electron chi connectivity index (χ4n) is 1.87. The Hall–Kier alpha value is -2.24. The topological polar surface area (TPSA) is 59.6 Å². The number of para-hydroxylation sites is 2. The highest BCUT2D eigenvalue weighted by atomic mass is 35.5. The number of hydrogen-bond donors (Lipinski definition) is 2. The highest BCUT2D eigenvalue weighted by molar-refractivity contribution is 6.30. The molecule has 0 radical (unpaired) electrons. The number of urea groups is 1. The summed E-state index contributed by atoms with van der Waals surface area (Å²) in [7, 11) is 0. The SMILES string of the molecule is CCOCCOc1ccccc1NC(=O)Nc1ccc(Cl)cc1. The van der Waals surface area contributed by atoms with Gasteiger partial charge in [-0.05, 0) is 43.3 Å². The molecule has 122 valence electrons. The normalized spacial score (nSPS) is 10.2. The zero-order chi connectivity index (χ0) is 16.5. The molecule has 2 N–H and O–H groups in total. The van der Waals surface area contributed by atoms with Gasteiger partial charge in [-0.25, -0.2) is 4.79 Å². The monoisotopic (exact) mass is 334 g/mol. The van der Waals surface area contributed by atoms with E-state index >= 15 is 0 Å². The van der Waals surface area contributed by atoms with Gasteiger partial charge in [-0.2, -0.15) is 0 Å². The molecular weight excluding hydrogens is 316 g/mol. The standard InChI is InChI=1S/C17H19ClN2O3/c1-2-22-11-12-23-16-6-4-3-5-15(16)20-17(21)19-14-9-7-13(18)8-10-14/h3-10H,2,11-12H2,1H3,(H2,19,20,21). The molecule has 0 aliphatic heterocycles. The minimum Gasteiger partial charge on any atom is -0.489 e. The number of ether oxygens (including phenoxy) is 2. The first-order chi connectivity index (χ1) is 11.2. The van der Waals surface area contributed by atoms with Crippen molar-refractivity contribution in [3.8, 4) is 5.75 Å². The van der Waals surface area contributed by atoms with Gasteiger partial charge >= 0.3 is 6.03 Å². The number of carbonyl (C=O) groups is 1. The van der Waals surface area contributed by atoms with Gasteiger partial charge in [0.05, 0.1) is 12.3 Å². The van der Waals surface area contributed by atoms with Crippen LogP contribution in [-0.4, -0.2) is 25.9 Å².